The number of rotatable bonds is 6. The molecule has 1 fully saturated rings. The number of nitrogens with zero attached hydrogens (tertiary/aromatic N) is 4. The first-order valence-electron chi connectivity index (χ1n) is 10.5. The SMILES string of the molecule is CCn1ncc(CN(C)C(=O)NC2CCCN(Cc3ccccc3F)C2)c1C.O=CO. The quantitative estimate of drug-likeness (QED) is 0.684. The Hall–Kier alpha value is -2.94. The molecule has 2 heterocycles. The van der Waals surface area contributed by atoms with E-state index in [4.69, 9.17) is 9.90 Å². The van der Waals surface area contributed by atoms with Crippen molar-refractivity contribution in [1.82, 2.24) is 24.9 Å². The third-order valence-corrected chi connectivity index (χ3v) is 5.44. The molecule has 2 aromatic rings. The fourth-order valence-corrected chi connectivity index (χ4v) is 3.76. The Morgan fingerprint density at radius 3 is 2.74 bits per heavy atom. The topological polar surface area (TPSA) is 90.7 Å². The Morgan fingerprint density at radius 2 is 2.10 bits per heavy atom. The normalized spacial score (nSPS) is 16.2. The zero-order valence-corrected chi connectivity index (χ0v) is 18.4. The smallest absolute Gasteiger partial charge is 0.317 e. The summed E-state index contributed by atoms with van der Waals surface area (Å²) in [6, 6.07) is 6.88. The average Bonchev–Trinajstić information content (AvgIpc) is 3.10. The van der Waals surface area contributed by atoms with Crippen LogP contribution in [0.1, 0.15) is 36.6 Å². The minimum atomic E-state index is -0.250. The molecule has 1 aromatic heterocycles. The van der Waals surface area contributed by atoms with Crippen molar-refractivity contribution in [2.45, 2.75) is 52.4 Å². The van der Waals surface area contributed by atoms with Crippen LogP contribution in [0.5, 0.6) is 0 Å². The number of hydrogen-bond donors (Lipinski definition) is 2. The van der Waals surface area contributed by atoms with Gasteiger partial charge in [-0.25, -0.2) is 9.18 Å². The number of halogens is 1. The average molecular weight is 434 g/mol. The molecule has 2 amide bonds. The number of carboxylic acid groups (broad SMARTS) is 1. The molecule has 9 heteroatoms. The van der Waals surface area contributed by atoms with Crippen LogP contribution in [0.15, 0.2) is 30.5 Å². The van der Waals surface area contributed by atoms with E-state index in [-0.39, 0.29) is 24.4 Å². The van der Waals surface area contributed by atoms with Crippen LogP contribution in [0, 0.1) is 12.7 Å². The molecule has 2 N–H and O–H groups in total. The molecule has 1 aromatic carbocycles. The van der Waals surface area contributed by atoms with Gasteiger partial charge < -0.3 is 15.3 Å². The number of aromatic nitrogens is 2. The van der Waals surface area contributed by atoms with Gasteiger partial charge in [-0.1, -0.05) is 18.2 Å². The molecule has 0 saturated carbocycles. The summed E-state index contributed by atoms with van der Waals surface area (Å²) in [6.45, 7) is 7.41. The number of likely N-dealkylation sites (tertiary alicyclic amines) is 1. The zero-order valence-electron chi connectivity index (χ0n) is 18.4. The van der Waals surface area contributed by atoms with E-state index in [1.807, 2.05) is 29.9 Å². The lowest BCUT2D eigenvalue weighted by Crippen LogP contribution is -2.50. The first kappa shape index (κ1) is 24.3. The predicted octanol–water partition coefficient (Wildman–Crippen LogP) is 2.86. The molecule has 0 bridgehead atoms. The lowest BCUT2D eigenvalue weighted by atomic mass is 10.0. The number of carbonyl (C=O) groups excluding carboxylic acids is 1. The van der Waals surface area contributed by atoms with Crippen LogP contribution in [0.3, 0.4) is 0 Å². The van der Waals surface area contributed by atoms with E-state index >= 15 is 0 Å². The number of hydrogen-bond acceptors (Lipinski definition) is 4. The Morgan fingerprint density at radius 1 is 1.39 bits per heavy atom. The number of carbonyl (C=O) groups is 2. The number of amides is 2. The van der Waals surface area contributed by atoms with E-state index in [1.165, 1.54) is 6.07 Å². The van der Waals surface area contributed by atoms with Gasteiger partial charge in [-0.2, -0.15) is 5.10 Å². The maximum atomic E-state index is 13.9. The minimum absolute atomic E-state index is 0.0786. The summed E-state index contributed by atoms with van der Waals surface area (Å²) >= 11 is 0. The zero-order chi connectivity index (χ0) is 22.8. The van der Waals surface area contributed by atoms with E-state index in [0.29, 0.717) is 18.7 Å². The highest BCUT2D eigenvalue weighted by Gasteiger charge is 2.23. The van der Waals surface area contributed by atoms with Crippen molar-refractivity contribution in [3.05, 3.63) is 53.1 Å². The lowest BCUT2D eigenvalue weighted by Gasteiger charge is -2.34. The molecular weight excluding hydrogens is 401 g/mol. The van der Waals surface area contributed by atoms with Gasteiger partial charge in [0.25, 0.3) is 6.47 Å². The number of urea groups is 1. The number of aryl methyl sites for hydroxylation is 1. The summed E-state index contributed by atoms with van der Waals surface area (Å²) in [5.41, 5.74) is 2.86. The molecule has 0 aliphatic carbocycles. The molecule has 170 valence electrons. The molecule has 0 radical (unpaired) electrons. The molecular formula is C22H32FN5O3. The van der Waals surface area contributed by atoms with Gasteiger partial charge >= 0.3 is 6.03 Å². The number of piperidine rings is 1. The molecule has 1 saturated heterocycles. The van der Waals surface area contributed by atoms with Crippen LogP contribution >= 0.6 is 0 Å². The third-order valence-electron chi connectivity index (χ3n) is 5.44. The van der Waals surface area contributed by atoms with Gasteiger partial charge in [-0.05, 0) is 39.3 Å². The fourth-order valence-electron chi connectivity index (χ4n) is 3.76. The summed E-state index contributed by atoms with van der Waals surface area (Å²) < 4.78 is 15.8. The van der Waals surface area contributed by atoms with Crippen LogP contribution in [-0.2, 0) is 24.4 Å². The van der Waals surface area contributed by atoms with Crippen molar-refractivity contribution in [3.63, 3.8) is 0 Å². The maximum Gasteiger partial charge on any atom is 0.317 e. The van der Waals surface area contributed by atoms with E-state index in [0.717, 1.165) is 43.7 Å². The highest BCUT2D eigenvalue weighted by molar-refractivity contribution is 5.74. The van der Waals surface area contributed by atoms with Crippen molar-refractivity contribution < 1.29 is 19.1 Å². The van der Waals surface area contributed by atoms with Gasteiger partial charge in [-0.15, -0.1) is 0 Å². The second-order valence-corrected chi connectivity index (χ2v) is 7.65. The lowest BCUT2D eigenvalue weighted by molar-refractivity contribution is -0.122. The Kier molecular flexibility index (Phi) is 9.45. The Balaban J connectivity index is 0.00000107. The van der Waals surface area contributed by atoms with Gasteiger partial charge in [0.2, 0.25) is 0 Å². The second kappa shape index (κ2) is 12.0. The van der Waals surface area contributed by atoms with E-state index in [2.05, 4.69) is 22.2 Å². The monoisotopic (exact) mass is 433 g/mol. The van der Waals surface area contributed by atoms with Crippen molar-refractivity contribution in [2.24, 2.45) is 0 Å². The summed E-state index contributed by atoms with van der Waals surface area (Å²) in [4.78, 5) is 24.9. The first-order valence-corrected chi connectivity index (χ1v) is 10.5. The fraction of sp³-hybridized carbons (Fsp3) is 0.500. The molecule has 0 spiro atoms. The summed E-state index contributed by atoms with van der Waals surface area (Å²) in [6.07, 6.45) is 3.77. The summed E-state index contributed by atoms with van der Waals surface area (Å²) in [7, 11) is 1.80. The van der Waals surface area contributed by atoms with Crippen molar-refractivity contribution >= 4 is 12.5 Å². The van der Waals surface area contributed by atoms with Crippen LogP contribution in [0.25, 0.3) is 0 Å². The van der Waals surface area contributed by atoms with Crippen LogP contribution in [-0.4, -0.2) is 63.4 Å². The third kappa shape index (κ3) is 7.06. The van der Waals surface area contributed by atoms with Gasteiger partial charge in [0, 0.05) is 49.5 Å². The van der Waals surface area contributed by atoms with Gasteiger partial charge in [-0.3, -0.25) is 14.4 Å². The molecule has 1 atom stereocenters. The van der Waals surface area contributed by atoms with Crippen molar-refractivity contribution in [3.8, 4) is 0 Å². The first-order chi connectivity index (χ1) is 14.9. The molecule has 1 unspecified atom stereocenters. The predicted molar refractivity (Wildman–Crippen MR) is 116 cm³/mol. The largest absolute Gasteiger partial charge is 0.483 e. The molecule has 8 nitrogen and oxygen atoms in total. The van der Waals surface area contributed by atoms with E-state index in [9.17, 15) is 9.18 Å². The second-order valence-electron chi connectivity index (χ2n) is 7.65. The maximum absolute atomic E-state index is 13.9. The van der Waals surface area contributed by atoms with Crippen LogP contribution in [0.2, 0.25) is 0 Å². The Labute approximate surface area is 182 Å². The van der Waals surface area contributed by atoms with Crippen LogP contribution in [0.4, 0.5) is 9.18 Å². The molecule has 1 aliphatic heterocycles. The minimum Gasteiger partial charge on any atom is -0.483 e. The van der Waals surface area contributed by atoms with Crippen molar-refractivity contribution in [1.29, 1.82) is 0 Å². The summed E-state index contributed by atoms with van der Waals surface area (Å²) in [5.74, 6) is -0.170. The molecule has 3 rings (SSSR count). The van der Waals surface area contributed by atoms with Gasteiger partial charge in [0.1, 0.15) is 5.82 Å². The van der Waals surface area contributed by atoms with E-state index < -0.39 is 0 Å². The standard InChI is InChI=1S/C21H30FN5O.CH2O2/c1-4-27-16(2)18(12-23-27)13-25(3)21(28)24-19-9-7-11-26(15-19)14-17-8-5-6-10-20(17)22;2-1-3/h5-6,8,10,12,19H,4,7,9,11,13-15H2,1-3H3,(H,24,28);1H,(H,2,3). The van der Waals surface area contributed by atoms with E-state index in [1.54, 1.807) is 18.0 Å². The van der Waals surface area contributed by atoms with Gasteiger partial charge in [0.15, 0.2) is 0 Å². The van der Waals surface area contributed by atoms with Crippen molar-refractivity contribution in [2.75, 3.05) is 20.1 Å². The van der Waals surface area contributed by atoms with Gasteiger partial charge in [0.05, 0.1) is 12.7 Å². The Bertz CT molecular complexity index is 857. The number of benzene rings is 1. The summed E-state index contributed by atoms with van der Waals surface area (Å²) in [5, 5.41) is 14.4. The number of nitrogens with one attached hydrogen (secondary N) is 1. The highest BCUT2D eigenvalue weighted by Crippen LogP contribution is 2.16. The highest BCUT2D eigenvalue weighted by atomic mass is 19.1. The molecule has 31 heavy (non-hydrogen) atoms. The molecule has 1 aliphatic rings. The van der Waals surface area contributed by atoms with Crippen LogP contribution < -0.4 is 5.32 Å².